The molecule has 6 heteroatoms. The van der Waals surface area contributed by atoms with Crippen LogP contribution in [0, 0.1) is 11.3 Å². The van der Waals surface area contributed by atoms with E-state index >= 15 is 0 Å². The highest BCUT2D eigenvalue weighted by Crippen LogP contribution is 2.37. The lowest BCUT2D eigenvalue weighted by atomic mass is 9.78. The molecule has 2 fully saturated rings. The second-order valence-electron chi connectivity index (χ2n) is 8.26. The maximum absolute atomic E-state index is 12.8. The van der Waals surface area contributed by atoms with Gasteiger partial charge in [-0.3, -0.25) is 9.59 Å². The maximum Gasteiger partial charge on any atom is 0.253 e. The molecule has 0 radical (unpaired) electrons. The summed E-state index contributed by atoms with van der Waals surface area (Å²) in [4.78, 5) is 28.5. The molecule has 0 aromatic heterocycles. The molecule has 0 aliphatic carbocycles. The van der Waals surface area contributed by atoms with Crippen molar-refractivity contribution in [2.24, 2.45) is 11.3 Å². The minimum atomic E-state index is -0.00156. The van der Waals surface area contributed by atoms with Crippen LogP contribution in [0.25, 0.3) is 0 Å². The van der Waals surface area contributed by atoms with Crippen molar-refractivity contribution >= 4 is 24.2 Å². The van der Waals surface area contributed by atoms with E-state index in [0.717, 1.165) is 50.1 Å². The van der Waals surface area contributed by atoms with Gasteiger partial charge in [0, 0.05) is 44.7 Å². The average molecular weight is 394 g/mol. The standard InChI is InChI=1S/C21H31N3O2.ClH/c1-16(2)19(25)23(3)14-17-4-6-18(7-5-17)20(26)24-12-9-21(10-13-24)8-11-22-15-21;/h4-7,16,22H,8-15H2,1-3H3;1H. The van der Waals surface area contributed by atoms with E-state index in [4.69, 9.17) is 0 Å². The van der Waals surface area contributed by atoms with E-state index in [1.165, 1.54) is 6.42 Å². The lowest BCUT2D eigenvalue weighted by Gasteiger charge is -2.38. The Labute approximate surface area is 168 Å². The monoisotopic (exact) mass is 393 g/mol. The Morgan fingerprint density at radius 3 is 2.30 bits per heavy atom. The molecular weight excluding hydrogens is 362 g/mol. The molecule has 1 aromatic carbocycles. The number of nitrogens with one attached hydrogen (secondary N) is 1. The molecule has 5 nitrogen and oxygen atoms in total. The predicted octanol–water partition coefficient (Wildman–Crippen LogP) is 2.94. The number of carbonyl (C=O) groups excluding carboxylic acids is 2. The molecule has 3 rings (SSSR count). The third kappa shape index (κ3) is 5.02. The number of benzene rings is 1. The maximum atomic E-state index is 12.8. The van der Waals surface area contributed by atoms with Gasteiger partial charge in [-0.2, -0.15) is 0 Å². The number of rotatable bonds is 4. The first-order valence-electron chi connectivity index (χ1n) is 9.74. The van der Waals surface area contributed by atoms with Crippen LogP contribution < -0.4 is 5.32 Å². The molecule has 2 amide bonds. The van der Waals surface area contributed by atoms with Crippen LogP contribution in [0.15, 0.2) is 24.3 Å². The molecule has 1 aromatic rings. The van der Waals surface area contributed by atoms with E-state index in [9.17, 15) is 9.59 Å². The Balaban J connectivity index is 0.00000261. The minimum Gasteiger partial charge on any atom is -0.341 e. The Morgan fingerprint density at radius 2 is 1.78 bits per heavy atom. The van der Waals surface area contributed by atoms with E-state index in [-0.39, 0.29) is 30.1 Å². The lowest BCUT2D eigenvalue weighted by Crippen LogP contribution is -2.44. The van der Waals surface area contributed by atoms with Gasteiger partial charge in [0.1, 0.15) is 0 Å². The number of carbonyl (C=O) groups is 2. The zero-order valence-electron chi connectivity index (χ0n) is 16.7. The fraction of sp³-hybridized carbons (Fsp3) is 0.619. The molecule has 150 valence electrons. The summed E-state index contributed by atoms with van der Waals surface area (Å²) in [6.07, 6.45) is 3.45. The van der Waals surface area contributed by atoms with Gasteiger partial charge in [-0.15, -0.1) is 12.4 Å². The number of hydrogen-bond acceptors (Lipinski definition) is 3. The van der Waals surface area contributed by atoms with Gasteiger partial charge in [-0.1, -0.05) is 26.0 Å². The summed E-state index contributed by atoms with van der Waals surface area (Å²) in [5.74, 6) is 0.260. The van der Waals surface area contributed by atoms with E-state index in [0.29, 0.717) is 12.0 Å². The second-order valence-corrected chi connectivity index (χ2v) is 8.26. The van der Waals surface area contributed by atoms with Crippen LogP contribution in [0.1, 0.15) is 49.0 Å². The normalized spacial score (nSPS) is 18.4. The summed E-state index contributed by atoms with van der Waals surface area (Å²) in [6.45, 7) is 8.32. The van der Waals surface area contributed by atoms with Gasteiger partial charge in [-0.25, -0.2) is 0 Å². The summed E-state index contributed by atoms with van der Waals surface area (Å²) >= 11 is 0. The third-order valence-corrected chi connectivity index (χ3v) is 5.93. The SMILES string of the molecule is CC(C)C(=O)N(C)Cc1ccc(C(=O)N2CCC3(CCNC3)CC2)cc1.Cl. The van der Waals surface area contributed by atoms with Crippen LogP contribution in [-0.4, -0.2) is 54.8 Å². The Kier molecular flexibility index (Phi) is 7.29. The number of hydrogen-bond donors (Lipinski definition) is 1. The summed E-state index contributed by atoms with van der Waals surface area (Å²) in [5.41, 5.74) is 2.22. The first-order chi connectivity index (χ1) is 12.4. The zero-order chi connectivity index (χ0) is 18.7. The molecule has 1 N–H and O–H groups in total. The van der Waals surface area contributed by atoms with E-state index in [1.54, 1.807) is 4.90 Å². The van der Waals surface area contributed by atoms with E-state index < -0.39 is 0 Å². The molecule has 2 aliphatic heterocycles. The minimum absolute atomic E-state index is 0. The fourth-order valence-electron chi connectivity index (χ4n) is 4.13. The summed E-state index contributed by atoms with van der Waals surface area (Å²) in [6, 6.07) is 7.72. The molecule has 1 spiro atoms. The molecule has 2 saturated heterocycles. The van der Waals surface area contributed by atoms with Crippen molar-refractivity contribution in [2.45, 2.75) is 39.7 Å². The third-order valence-electron chi connectivity index (χ3n) is 5.93. The van der Waals surface area contributed by atoms with Crippen molar-refractivity contribution in [3.8, 4) is 0 Å². The molecule has 2 heterocycles. The molecule has 0 bridgehead atoms. The Bertz CT molecular complexity index is 644. The molecular formula is C21H32ClN3O2. The first kappa shape index (κ1) is 21.7. The summed E-state index contributed by atoms with van der Waals surface area (Å²) in [7, 11) is 1.82. The average Bonchev–Trinajstić information content (AvgIpc) is 3.09. The first-order valence-corrected chi connectivity index (χ1v) is 9.74. The highest BCUT2D eigenvalue weighted by molar-refractivity contribution is 5.94. The highest BCUT2D eigenvalue weighted by atomic mass is 35.5. The van der Waals surface area contributed by atoms with E-state index in [1.807, 2.05) is 50.1 Å². The van der Waals surface area contributed by atoms with Gasteiger partial charge >= 0.3 is 0 Å². The second kappa shape index (κ2) is 9.07. The van der Waals surface area contributed by atoms with Crippen LogP contribution >= 0.6 is 12.4 Å². The largest absolute Gasteiger partial charge is 0.341 e. The molecule has 0 saturated carbocycles. The van der Waals surface area contributed by atoms with Crippen molar-refractivity contribution < 1.29 is 9.59 Å². The quantitative estimate of drug-likeness (QED) is 0.855. The van der Waals surface area contributed by atoms with Crippen LogP contribution in [0.2, 0.25) is 0 Å². The molecule has 0 unspecified atom stereocenters. The van der Waals surface area contributed by atoms with Gasteiger partial charge in [0.15, 0.2) is 0 Å². The number of likely N-dealkylation sites (tertiary alicyclic amines) is 1. The molecule has 27 heavy (non-hydrogen) atoms. The Hall–Kier alpha value is -1.59. The van der Waals surface area contributed by atoms with Crippen LogP contribution in [0.3, 0.4) is 0 Å². The van der Waals surface area contributed by atoms with Crippen molar-refractivity contribution in [3.05, 3.63) is 35.4 Å². The number of nitrogens with zero attached hydrogens (tertiary/aromatic N) is 2. The highest BCUT2D eigenvalue weighted by Gasteiger charge is 2.38. The molecule has 2 aliphatic rings. The van der Waals surface area contributed by atoms with Gasteiger partial charge in [0.2, 0.25) is 5.91 Å². The van der Waals surface area contributed by atoms with Gasteiger partial charge in [0.05, 0.1) is 0 Å². The Morgan fingerprint density at radius 1 is 1.15 bits per heavy atom. The zero-order valence-corrected chi connectivity index (χ0v) is 17.5. The van der Waals surface area contributed by atoms with Crippen molar-refractivity contribution in [2.75, 3.05) is 33.2 Å². The summed E-state index contributed by atoms with van der Waals surface area (Å²) < 4.78 is 0. The number of halogens is 1. The smallest absolute Gasteiger partial charge is 0.253 e. The van der Waals surface area contributed by atoms with Gasteiger partial charge in [0.25, 0.3) is 5.91 Å². The lowest BCUT2D eigenvalue weighted by molar-refractivity contribution is -0.133. The van der Waals surface area contributed by atoms with Crippen LogP contribution in [0.4, 0.5) is 0 Å². The number of amides is 2. The fourth-order valence-corrected chi connectivity index (χ4v) is 4.13. The van der Waals surface area contributed by atoms with Gasteiger partial charge in [-0.05, 0) is 48.9 Å². The van der Waals surface area contributed by atoms with Crippen LogP contribution in [-0.2, 0) is 11.3 Å². The van der Waals surface area contributed by atoms with Crippen molar-refractivity contribution in [3.63, 3.8) is 0 Å². The van der Waals surface area contributed by atoms with Gasteiger partial charge < -0.3 is 15.1 Å². The molecule has 0 atom stereocenters. The van der Waals surface area contributed by atoms with Crippen molar-refractivity contribution in [1.82, 2.24) is 15.1 Å². The predicted molar refractivity (Wildman–Crippen MR) is 110 cm³/mol. The van der Waals surface area contributed by atoms with Crippen LogP contribution in [0.5, 0.6) is 0 Å². The van der Waals surface area contributed by atoms with Crippen molar-refractivity contribution in [1.29, 1.82) is 0 Å². The van der Waals surface area contributed by atoms with E-state index in [2.05, 4.69) is 5.32 Å². The number of piperidine rings is 1. The topological polar surface area (TPSA) is 52.7 Å². The summed E-state index contributed by atoms with van der Waals surface area (Å²) in [5, 5.41) is 3.46.